The maximum atomic E-state index is 12.2. The molecule has 1 aromatic rings. The maximum Gasteiger partial charge on any atom is 0.245 e. The summed E-state index contributed by atoms with van der Waals surface area (Å²) >= 11 is 6.26. The second-order valence-electron chi connectivity index (χ2n) is 4.16. The van der Waals surface area contributed by atoms with E-state index in [-0.39, 0.29) is 5.91 Å². The summed E-state index contributed by atoms with van der Waals surface area (Å²) < 4.78 is 5.22. The van der Waals surface area contributed by atoms with Crippen LogP contribution in [0.4, 0.5) is 0 Å². The normalized spacial score (nSPS) is 17.9. The lowest BCUT2D eigenvalue weighted by Gasteiger charge is -2.29. The van der Waals surface area contributed by atoms with Crippen molar-refractivity contribution in [3.8, 4) is 0 Å². The number of hydrogen-bond donors (Lipinski definition) is 0. The first-order chi connectivity index (χ1) is 8.20. The van der Waals surface area contributed by atoms with Crippen LogP contribution in [0, 0.1) is 6.92 Å². The number of hydrogen-bond acceptors (Lipinski definition) is 2. The van der Waals surface area contributed by atoms with Crippen molar-refractivity contribution in [1.29, 1.82) is 0 Å². The topological polar surface area (TPSA) is 29.5 Å². The molecule has 0 bridgehead atoms. The molecule has 3 nitrogen and oxygen atoms in total. The molecule has 1 fully saturated rings. The number of benzene rings is 1. The first kappa shape index (κ1) is 12.4. The molecular formula is C13H16ClNO2. The van der Waals surface area contributed by atoms with Crippen LogP contribution >= 0.6 is 11.6 Å². The molecule has 1 aliphatic heterocycles. The van der Waals surface area contributed by atoms with Crippen LogP contribution in [-0.2, 0) is 9.53 Å². The van der Waals surface area contributed by atoms with Crippen molar-refractivity contribution in [1.82, 2.24) is 4.90 Å². The standard InChI is InChI=1S/C13H16ClNO2/c1-10-4-2-3-5-11(10)12(14)13(16)15-6-8-17-9-7-15/h2-5,12H,6-9H2,1H3. The lowest BCUT2D eigenvalue weighted by atomic mass is 10.0. The molecular weight excluding hydrogens is 238 g/mol. The molecule has 1 saturated heterocycles. The van der Waals surface area contributed by atoms with Crippen molar-refractivity contribution in [2.75, 3.05) is 26.3 Å². The van der Waals surface area contributed by atoms with Crippen molar-refractivity contribution in [3.63, 3.8) is 0 Å². The highest BCUT2D eigenvalue weighted by Gasteiger charge is 2.26. The molecule has 0 saturated carbocycles. The van der Waals surface area contributed by atoms with Gasteiger partial charge in [-0.15, -0.1) is 11.6 Å². The lowest BCUT2D eigenvalue weighted by molar-refractivity contribution is -0.134. The zero-order chi connectivity index (χ0) is 12.3. The van der Waals surface area contributed by atoms with Gasteiger partial charge in [0.15, 0.2) is 0 Å². The van der Waals surface area contributed by atoms with E-state index < -0.39 is 5.38 Å². The van der Waals surface area contributed by atoms with Crippen LogP contribution in [0.2, 0.25) is 0 Å². The number of carbonyl (C=O) groups is 1. The molecule has 1 unspecified atom stereocenters. The van der Waals surface area contributed by atoms with Crippen molar-refractivity contribution in [2.24, 2.45) is 0 Å². The Balaban J connectivity index is 2.11. The van der Waals surface area contributed by atoms with Gasteiger partial charge in [-0.3, -0.25) is 4.79 Å². The first-order valence-corrected chi connectivity index (χ1v) is 6.20. The number of aryl methyl sites for hydroxylation is 1. The van der Waals surface area contributed by atoms with Crippen LogP contribution in [0.15, 0.2) is 24.3 Å². The van der Waals surface area contributed by atoms with Gasteiger partial charge in [0.1, 0.15) is 5.38 Å². The molecule has 0 N–H and O–H groups in total. The van der Waals surface area contributed by atoms with Crippen molar-refractivity contribution < 1.29 is 9.53 Å². The van der Waals surface area contributed by atoms with E-state index in [0.29, 0.717) is 26.3 Å². The molecule has 0 radical (unpaired) electrons. The number of alkyl halides is 1. The van der Waals surface area contributed by atoms with Gasteiger partial charge in [-0.2, -0.15) is 0 Å². The van der Waals surface area contributed by atoms with E-state index in [1.54, 1.807) is 4.90 Å². The number of nitrogens with zero attached hydrogens (tertiary/aromatic N) is 1. The fourth-order valence-corrected chi connectivity index (χ4v) is 2.33. The monoisotopic (exact) mass is 253 g/mol. The van der Waals surface area contributed by atoms with Crippen molar-refractivity contribution >= 4 is 17.5 Å². The number of halogens is 1. The van der Waals surface area contributed by atoms with Gasteiger partial charge in [0.2, 0.25) is 5.91 Å². The zero-order valence-corrected chi connectivity index (χ0v) is 10.6. The summed E-state index contributed by atoms with van der Waals surface area (Å²) in [5.74, 6) is -0.0238. The Morgan fingerprint density at radius 1 is 1.35 bits per heavy atom. The van der Waals surface area contributed by atoms with Crippen LogP contribution in [0.5, 0.6) is 0 Å². The quantitative estimate of drug-likeness (QED) is 0.756. The van der Waals surface area contributed by atoms with Crippen LogP contribution in [0.25, 0.3) is 0 Å². The van der Waals surface area contributed by atoms with E-state index in [4.69, 9.17) is 16.3 Å². The average molecular weight is 254 g/mol. The highest BCUT2D eigenvalue weighted by atomic mass is 35.5. The van der Waals surface area contributed by atoms with Crippen LogP contribution < -0.4 is 0 Å². The van der Waals surface area contributed by atoms with Gasteiger partial charge in [-0.25, -0.2) is 0 Å². The highest BCUT2D eigenvalue weighted by Crippen LogP contribution is 2.26. The van der Waals surface area contributed by atoms with E-state index in [1.807, 2.05) is 31.2 Å². The molecule has 2 rings (SSSR count). The maximum absolute atomic E-state index is 12.2. The van der Waals surface area contributed by atoms with Gasteiger partial charge in [-0.1, -0.05) is 24.3 Å². The van der Waals surface area contributed by atoms with E-state index >= 15 is 0 Å². The predicted octanol–water partition coefficient (Wildman–Crippen LogP) is 2.13. The number of rotatable bonds is 2. The van der Waals surface area contributed by atoms with E-state index in [9.17, 15) is 4.79 Å². The third kappa shape index (κ3) is 2.79. The van der Waals surface area contributed by atoms with Gasteiger partial charge in [0, 0.05) is 13.1 Å². The van der Waals surface area contributed by atoms with Gasteiger partial charge < -0.3 is 9.64 Å². The fraction of sp³-hybridized carbons (Fsp3) is 0.462. The fourth-order valence-electron chi connectivity index (χ4n) is 1.95. The highest BCUT2D eigenvalue weighted by molar-refractivity contribution is 6.30. The summed E-state index contributed by atoms with van der Waals surface area (Å²) in [5.41, 5.74) is 1.94. The van der Waals surface area contributed by atoms with Gasteiger partial charge in [0.25, 0.3) is 0 Å². The summed E-state index contributed by atoms with van der Waals surface area (Å²) in [6.45, 7) is 4.44. The summed E-state index contributed by atoms with van der Waals surface area (Å²) in [5, 5.41) is -0.589. The van der Waals surface area contributed by atoms with Crippen molar-refractivity contribution in [3.05, 3.63) is 35.4 Å². The van der Waals surface area contributed by atoms with Crippen LogP contribution in [-0.4, -0.2) is 37.1 Å². The van der Waals surface area contributed by atoms with Gasteiger partial charge >= 0.3 is 0 Å². The Labute approximate surface area is 106 Å². The Morgan fingerprint density at radius 3 is 2.65 bits per heavy atom. The molecule has 1 aliphatic rings. The predicted molar refractivity (Wildman–Crippen MR) is 67.2 cm³/mol. The molecule has 1 amide bonds. The second kappa shape index (κ2) is 5.52. The van der Waals surface area contributed by atoms with Gasteiger partial charge in [0.05, 0.1) is 13.2 Å². The van der Waals surface area contributed by atoms with Crippen LogP contribution in [0.3, 0.4) is 0 Å². The lowest BCUT2D eigenvalue weighted by Crippen LogP contribution is -2.42. The van der Waals surface area contributed by atoms with E-state index in [1.165, 1.54) is 0 Å². The largest absolute Gasteiger partial charge is 0.378 e. The van der Waals surface area contributed by atoms with Gasteiger partial charge in [-0.05, 0) is 18.1 Å². The molecule has 0 aromatic heterocycles. The first-order valence-electron chi connectivity index (χ1n) is 5.76. The second-order valence-corrected chi connectivity index (χ2v) is 4.59. The minimum absolute atomic E-state index is 0.0238. The molecule has 1 heterocycles. The van der Waals surface area contributed by atoms with Crippen LogP contribution in [0.1, 0.15) is 16.5 Å². The minimum Gasteiger partial charge on any atom is -0.378 e. The minimum atomic E-state index is -0.589. The Bertz CT molecular complexity index is 402. The number of amides is 1. The average Bonchev–Trinajstić information content (AvgIpc) is 2.39. The smallest absolute Gasteiger partial charge is 0.245 e. The molecule has 1 atom stereocenters. The number of ether oxygens (including phenoxy) is 1. The summed E-state index contributed by atoms with van der Waals surface area (Å²) in [7, 11) is 0. The Hall–Kier alpha value is -1.06. The zero-order valence-electron chi connectivity index (χ0n) is 9.86. The van der Waals surface area contributed by atoms with E-state index in [2.05, 4.69) is 0 Å². The molecule has 17 heavy (non-hydrogen) atoms. The molecule has 0 aliphatic carbocycles. The SMILES string of the molecule is Cc1ccccc1C(Cl)C(=O)N1CCOCC1. The summed E-state index contributed by atoms with van der Waals surface area (Å²) in [6, 6.07) is 7.73. The summed E-state index contributed by atoms with van der Waals surface area (Å²) in [6.07, 6.45) is 0. The third-order valence-electron chi connectivity index (χ3n) is 3.00. The van der Waals surface area contributed by atoms with E-state index in [0.717, 1.165) is 11.1 Å². The third-order valence-corrected chi connectivity index (χ3v) is 3.42. The summed E-state index contributed by atoms with van der Waals surface area (Å²) in [4.78, 5) is 14.0. The Morgan fingerprint density at radius 2 is 2.00 bits per heavy atom. The molecule has 0 spiro atoms. The molecule has 92 valence electrons. The van der Waals surface area contributed by atoms with Crippen molar-refractivity contribution in [2.45, 2.75) is 12.3 Å². The molecule has 1 aromatic carbocycles. The molecule has 4 heteroatoms. The number of carbonyl (C=O) groups excluding carboxylic acids is 1. The Kier molecular flexibility index (Phi) is 4.02. The number of morpholine rings is 1.